The normalized spacial score (nSPS) is 11.4. The molecule has 150 valence electrons. The first kappa shape index (κ1) is 20.4. The van der Waals surface area contributed by atoms with Crippen LogP contribution < -0.4 is 4.72 Å². The number of nitrogens with zero attached hydrogens (tertiary/aromatic N) is 2. The van der Waals surface area contributed by atoms with Crippen molar-refractivity contribution in [2.75, 3.05) is 11.8 Å². The van der Waals surface area contributed by atoms with Gasteiger partial charge in [0.1, 0.15) is 6.07 Å². The van der Waals surface area contributed by atoms with Crippen LogP contribution in [0.2, 0.25) is 0 Å². The number of esters is 1. The zero-order chi connectivity index (χ0) is 21.3. The van der Waals surface area contributed by atoms with E-state index in [4.69, 9.17) is 0 Å². The molecule has 0 saturated carbocycles. The van der Waals surface area contributed by atoms with Crippen LogP contribution in [0.5, 0.6) is 0 Å². The van der Waals surface area contributed by atoms with Crippen molar-refractivity contribution in [3.8, 4) is 6.07 Å². The Labute approximate surface area is 169 Å². The summed E-state index contributed by atoms with van der Waals surface area (Å²) in [6.45, 7) is 5.80. The van der Waals surface area contributed by atoms with Gasteiger partial charge in [-0.15, -0.1) is 0 Å². The van der Waals surface area contributed by atoms with Crippen molar-refractivity contribution in [3.63, 3.8) is 0 Å². The number of ether oxygens (including phenoxy) is 1. The van der Waals surface area contributed by atoms with Gasteiger partial charge in [0, 0.05) is 17.6 Å². The molecule has 0 fully saturated rings. The smallest absolute Gasteiger partial charge is 0.337 e. The largest absolute Gasteiger partial charge is 0.465 e. The molecule has 0 atom stereocenters. The highest BCUT2D eigenvalue weighted by Gasteiger charge is 2.21. The molecule has 0 radical (unpaired) electrons. The average molecular weight is 411 g/mol. The summed E-state index contributed by atoms with van der Waals surface area (Å²) in [5, 5.41) is 10.2. The number of carbonyl (C=O) groups is 1. The van der Waals surface area contributed by atoms with E-state index in [0.717, 1.165) is 5.56 Å². The summed E-state index contributed by atoms with van der Waals surface area (Å²) in [4.78, 5) is 11.7. The van der Waals surface area contributed by atoms with Crippen molar-refractivity contribution in [1.82, 2.24) is 4.57 Å². The zero-order valence-electron chi connectivity index (χ0n) is 16.6. The summed E-state index contributed by atoms with van der Waals surface area (Å²) >= 11 is 0. The average Bonchev–Trinajstić information content (AvgIpc) is 3.11. The highest BCUT2D eigenvalue weighted by molar-refractivity contribution is 7.92. The molecule has 3 rings (SSSR count). The number of rotatable bonds is 5. The Hall–Kier alpha value is -3.31. The fraction of sp³-hybridized carbons (Fsp3) is 0.238. The summed E-state index contributed by atoms with van der Waals surface area (Å²) < 4.78 is 35.2. The van der Waals surface area contributed by atoms with Crippen molar-refractivity contribution in [2.24, 2.45) is 0 Å². The highest BCUT2D eigenvalue weighted by atomic mass is 32.2. The second-order valence-corrected chi connectivity index (χ2v) is 8.62. The summed E-state index contributed by atoms with van der Waals surface area (Å²) in [6.07, 6.45) is 1.73. The minimum Gasteiger partial charge on any atom is -0.465 e. The Morgan fingerprint density at radius 3 is 2.59 bits per heavy atom. The Morgan fingerprint density at radius 2 is 1.97 bits per heavy atom. The molecule has 0 unspecified atom stereocenters. The van der Waals surface area contributed by atoms with E-state index in [0.29, 0.717) is 22.2 Å². The van der Waals surface area contributed by atoms with Gasteiger partial charge >= 0.3 is 5.97 Å². The molecule has 2 aromatic carbocycles. The van der Waals surface area contributed by atoms with E-state index in [1.54, 1.807) is 18.3 Å². The molecular weight excluding hydrogens is 390 g/mol. The molecule has 29 heavy (non-hydrogen) atoms. The summed E-state index contributed by atoms with van der Waals surface area (Å²) in [5.41, 5.74) is 2.52. The number of fused-ring (bicyclic) bond motifs is 1. The number of aryl methyl sites for hydroxylation is 1. The lowest BCUT2D eigenvalue weighted by Crippen LogP contribution is -2.15. The van der Waals surface area contributed by atoms with Gasteiger partial charge in [0.05, 0.1) is 34.3 Å². The van der Waals surface area contributed by atoms with Gasteiger partial charge in [0.25, 0.3) is 10.0 Å². The number of carbonyl (C=O) groups excluding carboxylic acids is 1. The number of benzene rings is 2. The fourth-order valence-electron chi connectivity index (χ4n) is 3.25. The van der Waals surface area contributed by atoms with Gasteiger partial charge in [-0.2, -0.15) is 5.26 Å². The first-order valence-corrected chi connectivity index (χ1v) is 10.4. The number of sulfonamides is 1. The van der Waals surface area contributed by atoms with Crippen molar-refractivity contribution in [2.45, 2.75) is 31.7 Å². The highest BCUT2D eigenvalue weighted by Crippen LogP contribution is 2.34. The van der Waals surface area contributed by atoms with E-state index in [1.165, 1.54) is 31.4 Å². The van der Waals surface area contributed by atoms with Crippen molar-refractivity contribution in [3.05, 3.63) is 59.3 Å². The van der Waals surface area contributed by atoms with Crippen molar-refractivity contribution in [1.29, 1.82) is 5.26 Å². The lowest BCUT2D eigenvalue weighted by molar-refractivity contribution is 0.0600. The summed E-state index contributed by atoms with van der Waals surface area (Å²) in [7, 11) is -2.74. The maximum absolute atomic E-state index is 13.0. The third-order valence-corrected chi connectivity index (χ3v) is 6.03. The molecule has 8 heteroatoms. The summed E-state index contributed by atoms with van der Waals surface area (Å²) in [5.74, 6) is -0.618. The lowest BCUT2D eigenvalue weighted by Gasteiger charge is -2.15. The van der Waals surface area contributed by atoms with Crippen LogP contribution in [0.4, 0.5) is 5.69 Å². The lowest BCUT2D eigenvalue weighted by atomic mass is 10.1. The minimum atomic E-state index is -3.98. The molecule has 7 nitrogen and oxygen atoms in total. The summed E-state index contributed by atoms with van der Waals surface area (Å²) in [6, 6.07) is 11.3. The topological polar surface area (TPSA) is 101 Å². The van der Waals surface area contributed by atoms with Gasteiger partial charge < -0.3 is 9.30 Å². The number of methoxy groups -OCH3 is 1. The Balaban J connectivity index is 2.16. The van der Waals surface area contributed by atoms with Crippen LogP contribution in [0.15, 0.2) is 47.5 Å². The molecule has 0 spiro atoms. The van der Waals surface area contributed by atoms with Gasteiger partial charge in [-0.05, 0) is 50.6 Å². The maximum atomic E-state index is 13.0. The molecule has 0 bridgehead atoms. The van der Waals surface area contributed by atoms with Crippen molar-refractivity contribution < 1.29 is 17.9 Å². The van der Waals surface area contributed by atoms with Crippen LogP contribution in [-0.2, 0) is 14.8 Å². The van der Waals surface area contributed by atoms with E-state index in [1.807, 2.05) is 25.3 Å². The minimum absolute atomic E-state index is 0.0207. The molecule has 3 aromatic rings. The van der Waals surface area contributed by atoms with Gasteiger partial charge in [-0.1, -0.05) is 12.1 Å². The first-order chi connectivity index (χ1) is 13.7. The third-order valence-electron chi connectivity index (χ3n) is 4.67. The Morgan fingerprint density at radius 1 is 1.24 bits per heavy atom. The second-order valence-electron chi connectivity index (χ2n) is 6.93. The predicted molar refractivity (Wildman–Crippen MR) is 110 cm³/mol. The monoisotopic (exact) mass is 411 g/mol. The van der Waals surface area contributed by atoms with E-state index in [-0.39, 0.29) is 16.5 Å². The number of anilines is 1. The SMILES string of the molecule is COC(=O)c1cccc(S(=O)(=O)Nc2ccc(C)c3c(C#N)cn(C(C)C)c23)c1. The molecule has 0 amide bonds. The van der Waals surface area contributed by atoms with Crippen LogP contribution >= 0.6 is 0 Å². The van der Waals surface area contributed by atoms with E-state index in [9.17, 15) is 18.5 Å². The van der Waals surface area contributed by atoms with E-state index < -0.39 is 16.0 Å². The Kier molecular flexibility index (Phi) is 5.36. The molecular formula is C21H21N3O4S. The fourth-order valence-corrected chi connectivity index (χ4v) is 4.37. The van der Waals surface area contributed by atoms with Crippen LogP contribution in [-0.4, -0.2) is 26.1 Å². The quantitative estimate of drug-likeness (QED) is 0.640. The van der Waals surface area contributed by atoms with Gasteiger partial charge in [0.2, 0.25) is 0 Å². The van der Waals surface area contributed by atoms with Crippen LogP contribution in [0.1, 0.15) is 41.4 Å². The van der Waals surface area contributed by atoms with Gasteiger partial charge in [-0.25, -0.2) is 13.2 Å². The predicted octanol–water partition coefficient (Wildman–Crippen LogP) is 3.99. The molecule has 0 aliphatic heterocycles. The molecule has 1 heterocycles. The molecule has 0 aliphatic rings. The number of hydrogen-bond acceptors (Lipinski definition) is 5. The van der Waals surface area contributed by atoms with Gasteiger partial charge in [0.15, 0.2) is 0 Å². The number of nitriles is 1. The second kappa shape index (κ2) is 7.60. The van der Waals surface area contributed by atoms with E-state index in [2.05, 4.69) is 15.5 Å². The van der Waals surface area contributed by atoms with Crippen LogP contribution in [0.25, 0.3) is 10.9 Å². The molecule has 1 aromatic heterocycles. The van der Waals surface area contributed by atoms with Crippen molar-refractivity contribution >= 4 is 32.6 Å². The number of hydrogen-bond donors (Lipinski definition) is 1. The molecule has 0 aliphatic carbocycles. The molecule has 1 N–H and O–H groups in total. The first-order valence-electron chi connectivity index (χ1n) is 8.95. The number of aromatic nitrogens is 1. The van der Waals surface area contributed by atoms with E-state index >= 15 is 0 Å². The van der Waals surface area contributed by atoms with Crippen LogP contribution in [0.3, 0.4) is 0 Å². The number of nitrogens with one attached hydrogen (secondary N) is 1. The molecule has 0 saturated heterocycles. The Bertz CT molecular complexity index is 1250. The standard InChI is InChI=1S/C21H21N3O4S/c1-13(2)24-12-16(11-22)19-14(3)8-9-18(20(19)24)23-29(26,27)17-7-5-6-15(10-17)21(25)28-4/h5-10,12-13,23H,1-4H3. The maximum Gasteiger partial charge on any atom is 0.337 e. The third kappa shape index (κ3) is 3.69. The van der Waals surface area contributed by atoms with Gasteiger partial charge in [-0.3, -0.25) is 4.72 Å². The zero-order valence-corrected chi connectivity index (χ0v) is 17.4. The van der Waals surface area contributed by atoms with Crippen LogP contribution in [0, 0.1) is 18.3 Å².